The standard InChI is InChI=1S/C6H12O3.Na/c1-4(2)3-5(7)6(8)9;/h4-5,7H,3H2,1-2H3,(H,8,9);/q;+1/p-1/t5-;/m0./s1. The van der Waals surface area contributed by atoms with Crippen LogP contribution in [0.4, 0.5) is 0 Å². The number of carbonyl (C=O) groups excluding carboxylic acids is 1. The fourth-order valence-corrected chi connectivity index (χ4v) is 0.543. The molecule has 0 radical (unpaired) electrons. The number of rotatable bonds is 3. The smallest absolute Gasteiger partial charge is 0.547 e. The molecule has 0 saturated carbocycles. The van der Waals surface area contributed by atoms with Gasteiger partial charge in [0.2, 0.25) is 0 Å². The van der Waals surface area contributed by atoms with Gasteiger partial charge in [0, 0.05) is 0 Å². The molecule has 0 aliphatic rings. The predicted molar refractivity (Wildman–Crippen MR) is 30.5 cm³/mol. The first-order chi connectivity index (χ1) is 4.04. The summed E-state index contributed by atoms with van der Waals surface area (Å²) in [5.74, 6) is -1.19. The van der Waals surface area contributed by atoms with Crippen LogP contribution in [-0.4, -0.2) is 17.2 Å². The average molecular weight is 154 g/mol. The molecule has 0 aliphatic carbocycles. The third kappa shape index (κ3) is 6.55. The first-order valence-electron chi connectivity index (χ1n) is 2.93. The maximum Gasteiger partial charge on any atom is 1.00 e. The van der Waals surface area contributed by atoms with Crippen molar-refractivity contribution in [3.8, 4) is 0 Å². The molecule has 0 spiro atoms. The van der Waals surface area contributed by atoms with E-state index >= 15 is 0 Å². The predicted octanol–water partition coefficient (Wildman–Crippen LogP) is -3.85. The molecule has 0 aromatic carbocycles. The van der Waals surface area contributed by atoms with Crippen LogP contribution in [0.3, 0.4) is 0 Å². The van der Waals surface area contributed by atoms with Gasteiger partial charge in [-0.05, 0) is 12.3 Å². The molecule has 0 bridgehead atoms. The Morgan fingerprint density at radius 3 is 2.10 bits per heavy atom. The number of aliphatic hydroxyl groups excluding tert-OH is 1. The number of aliphatic hydroxyl groups is 1. The molecule has 10 heavy (non-hydrogen) atoms. The molecule has 0 heterocycles. The van der Waals surface area contributed by atoms with E-state index < -0.39 is 12.1 Å². The van der Waals surface area contributed by atoms with Crippen molar-refractivity contribution in [2.45, 2.75) is 26.4 Å². The van der Waals surface area contributed by atoms with Crippen LogP contribution >= 0.6 is 0 Å². The van der Waals surface area contributed by atoms with Gasteiger partial charge in [0.1, 0.15) is 0 Å². The van der Waals surface area contributed by atoms with Crippen molar-refractivity contribution in [2.75, 3.05) is 0 Å². The SMILES string of the molecule is CC(C)C[C@H](O)C(=O)[O-].[Na+]. The summed E-state index contributed by atoms with van der Waals surface area (Å²) in [4.78, 5) is 9.87. The summed E-state index contributed by atoms with van der Waals surface area (Å²) in [5.41, 5.74) is 0. The van der Waals surface area contributed by atoms with Gasteiger partial charge >= 0.3 is 29.6 Å². The Morgan fingerprint density at radius 2 is 2.00 bits per heavy atom. The number of carboxylic acids is 1. The van der Waals surface area contributed by atoms with Crippen LogP contribution in [-0.2, 0) is 4.79 Å². The molecule has 0 aromatic heterocycles. The minimum absolute atomic E-state index is 0. The molecule has 4 heteroatoms. The van der Waals surface area contributed by atoms with Crippen molar-refractivity contribution in [1.29, 1.82) is 0 Å². The van der Waals surface area contributed by atoms with E-state index in [1.54, 1.807) is 0 Å². The van der Waals surface area contributed by atoms with Crippen molar-refractivity contribution < 1.29 is 44.6 Å². The fraction of sp³-hybridized carbons (Fsp3) is 0.833. The molecule has 0 unspecified atom stereocenters. The molecule has 0 saturated heterocycles. The van der Waals surface area contributed by atoms with Crippen LogP contribution in [0.5, 0.6) is 0 Å². The van der Waals surface area contributed by atoms with Crippen molar-refractivity contribution in [3.05, 3.63) is 0 Å². The quantitative estimate of drug-likeness (QED) is 0.423. The van der Waals surface area contributed by atoms with Gasteiger partial charge in [-0.1, -0.05) is 13.8 Å². The molecule has 54 valence electrons. The summed E-state index contributed by atoms with van der Waals surface area (Å²) in [6, 6.07) is 0. The molecular formula is C6H11NaO3. The van der Waals surface area contributed by atoms with Gasteiger partial charge in [0.15, 0.2) is 0 Å². The van der Waals surface area contributed by atoms with Crippen LogP contribution in [0.2, 0.25) is 0 Å². The van der Waals surface area contributed by atoms with Crippen molar-refractivity contribution >= 4 is 5.97 Å². The summed E-state index contributed by atoms with van der Waals surface area (Å²) < 4.78 is 0. The Morgan fingerprint density at radius 1 is 1.60 bits per heavy atom. The summed E-state index contributed by atoms with van der Waals surface area (Å²) in [5, 5.41) is 18.5. The number of hydrogen-bond donors (Lipinski definition) is 1. The van der Waals surface area contributed by atoms with Crippen LogP contribution in [0.1, 0.15) is 20.3 Å². The zero-order chi connectivity index (χ0) is 7.44. The summed E-state index contributed by atoms with van der Waals surface area (Å²) in [6.45, 7) is 3.68. The number of hydrogen-bond acceptors (Lipinski definition) is 3. The van der Waals surface area contributed by atoms with Crippen LogP contribution in [0.15, 0.2) is 0 Å². The number of carboxylic acid groups (broad SMARTS) is 1. The van der Waals surface area contributed by atoms with Gasteiger partial charge in [-0.3, -0.25) is 0 Å². The molecular weight excluding hydrogens is 143 g/mol. The second-order valence-corrected chi connectivity index (χ2v) is 2.46. The van der Waals surface area contributed by atoms with E-state index in [2.05, 4.69) is 0 Å². The van der Waals surface area contributed by atoms with E-state index in [0.717, 1.165) is 0 Å². The Labute approximate surface area is 82.7 Å². The second-order valence-electron chi connectivity index (χ2n) is 2.46. The monoisotopic (exact) mass is 154 g/mol. The maximum absolute atomic E-state index is 9.87. The molecule has 0 fully saturated rings. The zero-order valence-corrected chi connectivity index (χ0v) is 8.63. The minimum atomic E-state index is -1.39. The Kier molecular flexibility index (Phi) is 8.04. The van der Waals surface area contributed by atoms with Gasteiger partial charge in [0.05, 0.1) is 12.1 Å². The van der Waals surface area contributed by atoms with Gasteiger partial charge in [-0.2, -0.15) is 0 Å². The molecule has 0 aliphatic heterocycles. The van der Waals surface area contributed by atoms with Gasteiger partial charge < -0.3 is 15.0 Å². The maximum atomic E-state index is 9.87. The van der Waals surface area contributed by atoms with E-state index in [1.165, 1.54) is 0 Å². The van der Waals surface area contributed by atoms with Crippen molar-refractivity contribution in [1.82, 2.24) is 0 Å². The number of aliphatic carboxylic acids is 1. The van der Waals surface area contributed by atoms with Crippen molar-refractivity contribution in [2.24, 2.45) is 5.92 Å². The summed E-state index contributed by atoms with van der Waals surface area (Å²) in [7, 11) is 0. The normalized spacial score (nSPS) is 12.4. The molecule has 0 aromatic rings. The first kappa shape index (κ1) is 13.1. The van der Waals surface area contributed by atoms with E-state index in [1.807, 2.05) is 13.8 Å². The molecule has 1 atom stereocenters. The molecule has 0 amide bonds. The fourth-order valence-electron chi connectivity index (χ4n) is 0.543. The minimum Gasteiger partial charge on any atom is -0.547 e. The van der Waals surface area contributed by atoms with Gasteiger partial charge in [-0.15, -0.1) is 0 Å². The van der Waals surface area contributed by atoms with E-state index in [9.17, 15) is 9.90 Å². The topological polar surface area (TPSA) is 60.4 Å². The zero-order valence-electron chi connectivity index (χ0n) is 6.63. The van der Waals surface area contributed by atoms with Gasteiger partial charge in [-0.25, -0.2) is 0 Å². The van der Waals surface area contributed by atoms with Crippen LogP contribution in [0.25, 0.3) is 0 Å². The van der Waals surface area contributed by atoms with E-state index in [0.29, 0.717) is 0 Å². The Bertz CT molecular complexity index is 103. The summed E-state index contributed by atoms with van der Waals surface area (Å²) in [6.07, 6.45) is -1.03. The molecule has 0 rings (SSSR count). The second kappa shape index (κ2) is 6.16. The molecule has 1 N–H and O–H groups in total. The van der Waals surface area contributed by atoms with Gasteiger partial charge in [0.25, 0.3) is 0 Å². The Hall–Kier alpha value is 0.430. The van der Waals surface area contributed by atoms with Crippen LogP contribution in [0, 0.1) is 5.92 Å². The third-order valence-electron chi connectivity index (χ3n) is 0.967. The van der Waals surface area contributed by atoms with E-state index in [-0.39, 0.29) is 41.9 Å². The first-order valence-corrected chi connectivity index (χ1v) is 2.93. The van der Waals surface area contributed by atoms with E-state index in [4.69, 9.17) is 5.11 Å². The Balaban J connectivity index is 0. The average Bonchev–Trinajstić information content (AvgIpc) is 1.63. The third-order valence-corrected chi connectivity index (χ3v) is 0.967. The molecule has 3 nitrogen and oxygen atoms in total. The summed E-state index contributed by atoms with van der Waals surface area (Å²) >= 11 is 0. The van der Waals surface area contributed by atoms with Crippen LogP contribution < -0.4 is 34.7 Å². The number of carbonyl (C=O) groups is 1. The van der Waals surface area contributed by atoms with Crippen molar-refractivity contribution in [3.63, 3.8) is 0 Å². The largest absolute Gasteiger partial charge is 1.00 e.